The largest absolute Gasteiger partial charge is 0.422 e. The zero-order valence-electron chi connectivity index (χ0n) is 14.7. The Morgan fingerprint density at radius 2 is 1.81 bits per heavy atom. The molecule has 0 bridgehead atoms. The zero-order chi connectivity index (χ0) is 18.7. The van der Waals surface area contributed by atoms with E-state index in [2.05, 4.69) is 6.92 Å². The van der Waals surface area contributed by atoms with Gasteiger partial charge in [-0.05, 0) is 49.6 Å². The molecule has 0 saturated heterocycles. The average Bonchev–Trinajstić information content (AvgIpc) is 2.63. The number of unbranched alkanes of at least 4 members (excludes halogenated alkanes) is 1. The fourth-order valence-corrected chi connectivity index (χ4v) is 3.83. The first-order valence-corrected chi connectivity index (χ1v) is 9.89. The van der Waals surface area contributed by atoms with Crippen molar-refractivity contribution in [2.75, 3.05) is 0 Å². The normalized spacial score (nSPS) is 11.6. The van der Waals surface area contributed by atoms with Crippen LogP contribution in [0.25, 0.3) is 11.0 Å². The predicted molar refractivity (Wildman–Crippen MR) is 100 cm³/mol. The molecule has 0 saturated carbocycles. The van der Waals surface area contributed by atoms with E-state index in [9.17, 15) is 13.2 Å². The van der Waals surface area contributed by atoms with E-state index in [0.29, 0.717) is 11.1 Å². The van der Waals surface area contributed by atoms with Crippen molar-refractivity contribution in [1.29, 1.82) is 0 Å². The molecule has 0 fully saturated rings. The molecule has 3 rings (SSSR count). The van der Waals surface area contributed by atoms with E-state index in [1.54, 1.807) is 37.3 Å². The molecule has 0 radical (unpaired) electrons. The highest BCUT2D eigenvalue weighted by Crippen LogP contribution is 2.31. The average molecular weight is 372 g/mol. The van der Waals surface area contributed by atoms with Crippen LogP contribution in [0.3, 0.4) is 0 Å². The van der Waals surface area contributed by atoms with E-state index in [1.165, 1.54) is 18.2 Å². The highest BCUT2D eigenvalue weighted by molar-refractivity contribution is 7.87. The Kier molecular flexibility index (Phi) is 5.13. The smallest absolute Gasteiger partial charge is 0.339 e. The highest BCUT2D eigenvalue weighted by Gasteiger charge is 2.19. The minimum Gasteiger partial charge on any atom is -0.422 e. The number of fused-ring (bicyclic) bond motifs is 1. The molecule has 136 valence electrons. The van der Waals surface area contributed by atoms with Gasteiger partial charge in [-0.1, -0.05) is 31.5 Å². The van der Waals surface area contributed by atoms with Crippen LogP contribution < -0.4 is 9.81 Å². The van der Waals surface area contributed by atoms with Gasteiger partial charge in [-0.15, -0.1) is 0 Å². The molecule has 26 heavy (non-hydrogen) atoms. The fraction of sp³-hybridized carbons (Fsp3) is 0.250. The first kappa shape index (κ1) is 18.2. The van der Waals surface area contributed by atoms with Crippen molar-refractivity contribution in [1.82, 2.24) is 0 Å². The molecule has 3 aromatic rings. The summed E-state index contributed by atoms with van der Waals surface area (Å²) in [6, 6.07) is 12.8. The lowest BCUT2D eigenvalue weighted by molar-refractivity contribution is 0.482. The van der Waals surface area contributed by atoms with Crippen molar-refractivity contribution in [2.24, 2.45) is 0 Å². The Labute approximate surface area is 152 Å². The van der Waals surface area contributed by atoms with Gasteiger partial charge in [0.1, 0.15) is 16.2 Å². The van der Waals surface area contributed by atoms with Gasteiger partial charge in [-0.2, -0.15) is 8.42 Å². The summed E-state index contributed by atoms with van der Waals surface area (Å²) >= 11 is 0. The number of hydrogen-bond donors (Lipinski definition) is 0. The molecule has 0 unspecified atom stereocenters. The molecule has 0 aliphatic carbocycles. The van der Waals surface area contributed by atoms with Gasteiger partial charge in [0.2, 0.25) is 0 Å². The van der Waals surface area contributed by atoms with E-state index < -0.39 is 15.7 Å². The summed E-state index contributed by atoms with van der Waals surface area (Å²) in [5.74, 6) is 0.150. The molecule has 0 atom stereocenters. The second kappa shape index (κ2) is 7.33. The third-order valence-electron chi connectivity index (χ3n) is 4.23. The lowest BCUT2D eigenvalue weighted by Gasteiger charge is -2.12. The molecule has 6 heteroatoms. The van der Waals surface area contributed by atoms with Gasteiger partial charge in [-0.3, -0.25) is 0 Å². The van der Waals surface area contributed by atoms with Crippen LogP contribution in [0.1, 0.15) is 30.9 Å². The van der Waals surface area contributed by atoms with Crippen LogP contribution in [-0.2, 0) is 16.5 Å². The van der Waals surface area contributed by atoms with Gasteiger partial charge in [-0.25, -0.2) is 4.79 Å². The van der Waals surface area contributed by atoms with E-state index in [1.807, 2.05) is 0 Å². The highest BCUT2D eigenvalue weighted by atomic mass is 32.2. The molecule has 0 N–H and O–H groups in total. The number of rotatable bonds is 6. The van der Waals surface area contributed by atoms with Gasteiger partial charge in [0, 0.05) is 17.0 Å². The quantitative estimate of drug-likeness (QED) is 0.479. The Hall–Kier alpha value is -2.60. The van der Waals surface area contributed by atoms with Crippen molar-refractivity contribution in [3.05, 3.63) is 70.1 Å². The van der Waals surface area contributed by atoms with Crippen LogP contribution in [-0.4, -0.2) is 8.42 Å². The van der Waals surface area contributed by atoms with Gasteiger partial charge >= 0.3 is 15.7 Å². The SMILES string of the molecule is CCCCc1cc(=O)oc2c(C)c(OS(=O)(=O)c3ccccc3)ccc12. The van der Waals surface area contributed by atoms with Crippen LogP contribution in [0.15, 0.2) is 62.6 Å². The van der Waals surface area contributed by atoms with Gasteiger partial charge < -0.3 is 8.60 Å². The monoisotopic (exact) mass is 372 g/mol. The summed E-state index contributed by atoms with van der Waals surface area (Å²) in [7, 11) is -3.96. The third-order valence-corrected chi connectivity index (χ3v) is 5.48. The molecule has 2 aromatic carbocycles. The Morgan fingerprint density at radius 3 is 2.50 bits per heavy atom. The maximum atomic E-state index is 12.5. The second-order valence-corrected chi connectivity index (χ2v) is 7.66. The third kappa shape index (κ3) is 3.65. The van der Waals surface area contributed by atoms with E-state index >= 15 is 0 Å². The summed E-state index contributed by atoms with van der Waals surface area (Å²) in [6.45, 7) is 3.77. The fourth-order valence-electron chi connectivity index (χ4n) is 2.83. The molecule has 0 spiro atoms. The summed E-state index contributed by atoms with van der Waals surface area (Å²) in [5.41, 5.74) is 1.30. The van der Waals surface area contributed by atoms with Crippen LogP contribution in [0.4, 0.5) is 0 Å². The summed E-state index contributed by atoms with van der Waals surface area (Å²) < 4.78 is 35.5. The lowest BCUT2D eigenvalue weighted by atomic mass is 10.0. The minimum atomic E-state index is -3.96. The number of hydrogen-bond acceptors (Lipinski definition) is 5. The Balaban J connectivity index is 2.06. The molecule has 0 aliphatic rings. The van der Waals surface area contributed by atoms with Gasteiger partial charge in [0.15, 0.2) is 0 Å². The lowest BCUT2D eigenvalue weighted by Crippen LogP contribution is -2.11. The Bertz CT molecular complexity index is 1080. The topological polar surface area (TPSA) is 73.6 Å². The maximum absolute atomic E-state index is 12.5. The van der Waals surface area contributed by atoms with E-state index in [0.717, 1.165) is 30.2 Å². The molecular formula is C20H20O5S. The van der Waals surface area contributed by atoms with Crippen LogP contribution >= 0.6 is 0 Å². The summed E-state index contributed by atoms with van der Waals surface area (Å²) in [6.07, 6.45) is 2.73. The zero-order valence-corrected chi connectivity index (χ0v) is 15.5. The van der Waals surface area contributed by atoms with Crippen molar-refractivity contribution in [2.45, 2.75) is 38.0 Å². The summed E-state index contributed by atoms with van der Waals surface area (Å²) in [5, 5.41) is 0.806. The van der Waals surface area contributed by atoms with Crippen molar-refractivity contribution in [3.63, 3.8) is 0 Å². The predicted octanol–water partition coefficient (Wildman–Crippen LogP) is 4.21. The number of benzene rings is 2. The number of aryl methyl sites for hydroxylation is 2. The first-order chi connectivity index (χ1) is 12.4. The van der Waals surface area contributed by atoms with Gasteiger partial charge in [0.05, 0.1) is 0 Å². The molecule has 1 aromatic heterocycles. The molecule has 5 nitrogen and oxygen atoms in total. The summed E-state index contributed by atoms with van der Waals surface area (Å²) in [4.78, 5) is 12.0. The van der Waals surface area contributed by atoms with Crippen LogP contribution in [0.2, 0.25) is 0 Å². The van der Waals surface area contributed by atoms with E-state index in [4.69, 9.17) is 8.60 Å². The molecular weight excluding hydrogens is 352 g/mol. The molecule has 1 heterocycles. The standard InChI is InChI=1S/C20H20O5S/c1-3-4-8-15-13-19(21)24-20-14(2)18(12-11-17(15)20)25-26(22,23)16-9-6-5-7-10-16/h5-7,9-13H,3-4,8H2,1-2H3. The van der Waals surface area contributed by atoms with Crippen molar-refractivity contribution >= 4 is 21.1 Å². The minimum absolute atomic E-state index is 0.0673. The van der Waals surface area contributed by atoms with Crippen molar-refractivity contribution < 1.29 is 17.0 Å². The first-order valence-electron chi connectivity index (χ1n) is 8.48. The maximum Gasteiger partial charge on any atom is 0.339 e. The second-order valence-electron chi connectivity index (χ2n) is 6.11. The van der Waals surface area contributed by atoms with E-state index in [-0.39, 0.29) is 10.6 Å². The Morgan fingerprint density at radius 1 is 1.08 bits per heavy atom. The van der Waals surface area contributed by atoms with Crippen LogP contribution in [0.5, 0.6) is 5.75 Å². The van der Waals surface area contributed by atoms with Crippen LogP contribution in [0, 0.1) is 6.92 Å². The van der Waals surface area contributed by atoms with Crippen molar-refractivity contribution in [3.8, 4) is 5.75 Å². The molecule has 0 aliphatic heterocycles. The molecule has 0 amide bonds. The van der Waals surface area contributed by atoms with Gasteiger partial charge in [0.25, 0.3) is 0 Å².